The molecule has 2 saturated heterocycles. The lowest BCUT2D eigenvalue weighted by Crippen LogP contribution is -2.50. The Hall–Kier alpha value is -0.810. The molecule has 134 valence electrons. The zero-order chi connectivity index (χ0) is 17.1. The number of carbonyl (C=O) groups excluding carboxylic acids is 1. The fraction of sp³-hybridized carbons (Fsp3) is 0.944. The summed E-state index contributed by atoms with van der Waals surface area (Å²) < 4.78 is 11.4. The number of piperidine rings is 1. The third kappa shape index (κ3) is 5.96. The molecule has 2 heterocycles. The van der Waals surface area contributed by atoms with Crippen LogP contribution in [0.1, 0.15) is 60.3 Å². The molecule has 3 unspecified atom stereocenters. The summed E-state index contributed by atoms with van der Waals surface area (Å²) in [6.07, 6.45) is 5.05. The van der Waals surface area contributed by atoms with Gasteiger partial charge in [0.15, 0.2) is 0 Å². The van der Waals surface area contributed by atoms with E-state index in [1.807, 2.05) is 25.7 Å². The van der Waals surface area contributed by atoms with E-state index in [-0.39, 0.29) is 11.5 Å². The minimum absolute atomic E-state index is 0.110. The van der Waals surface area contributed by atoms with Crippen LogP contribution < -0.4 is 5.32 Å². The molecule has 0 bridgehead atoms. The number of hydrogen-bond acceptors (Lipinski definition) is 4. The number of ether oxygens (including phenoxy) is 2. The average Bonchev–Trinajstić information content (AvgIpc) is 2.82. The number of carbonyl (C=O) groups is 1. The second-order valence-corrected chi connectivity index (χ2v) is 8.59. The smallest absolute Gasteiger partial charge is 0.410 e. The summed E-state index contributed by atoms with van der Waals surface area (Å²) in [6.45, 7) is 13.5. The third-order valence-corrected chi connectivity index (χ3v) is 4.68. The van der Waals surface area contributed by atoms with E-state index in [9.17, 15) is 4.79 Å². The van der Waals surface area contributed by atoms with Crippen molar-refractivity contribution in [3.8, 4) is 0 Å². The van der Waals surface area contributed by atoms with Crippen molar-refractivity contribution < 1.29 is 14.3 Å². The van der Waals surface area contributed by atoms with Crippen molar-refractivity contribution in [1.82, 2.24) is 10.2 Å². The van der Waals surface area contributed by atoms with Gasteiger partial charge in [0, 0.05) is 26.2 Å². The Morgan fingerprint density at radius 1 is 1.39 bits per heavy atom. The van der Waals surface area contributed by atoms with Gasteiger partial charge in [0.05, 0.1) is 12.2 Å². The minimum atomic E-state index is -0.431. The first-order valence-corrected chi connectivity index (χ1v) is 9.01. The molecule has 5 nitrogen and oxygen atoms in total. The second kappa shape index (κ2) is 7.39. The maximum Gasteiger partial charge on any atom is 0.410 e. The Bertz CT molecular complexity index is 408. The monoisotopic (exact) mass is 326 g/mol. The van der Waals surface area contributed by atoms with E-state index in [0.29, 0.717) is 12.2 Å². The Morgan fingerprint density at radius 2 is 2.13 bits per heavy atom. The van der Waals surface area contributed by atoms with Crippen LogP contribution in [0.4, 0.5) is 4.79 Å². The predicted molar refractivity (Wildman–Crippen MR) is 91.6 cm³/mol. The van der Waals surface area contributed by atoms with Crippen molar-refractivity contribution in [3.63, 3.8) is 0 Å². The maximum absolute atomic E-state index is 12.3. The molecule has 0 saturated carbocycles. The molecule has 0 aromatic rings. The topological polar surface area (TPSA) is 50.8 Å². The average molecular weight is 326 g/mol. The predicted octanol–water partition coefficient (Wildman–Crippen LogP) is 3.18. The van der Waals surface area contributed by atoms with Gasteiger partial charge < -0.3 is 19.7 Å². The van der Waals surface area contributed by atoms with Gasteiger partial charge in [-0.25, -0.2) is 4.79 Å². The van der Waals surface area contributed by atoms with Crippen LogP contribution in [0.25, 0.3) is 0 Å². The number of hydrogen-bond donors (Lipinski definition) is 1. The van der Waals surface area contributed by atoms with Crippen LogP contribution in [-0.2, 0) is 9.47 Å². The van der Waals surface area contributed by atoms with E-state index in [1.165, 1.54) is 0 Å². The van der Waals surface area contributed by atoms with Gasteiger partial charge in [-0.05, 0) is 58.8 Å². The Balaban J connectivity index is 1.78. The molecule has 0 spiro atoms. The minimum Gasteiger partial charge on any atom is -0.444 e. The molecule has 3 atom stereocenters. The standard InChI is InChI=1S/C18H34N2O3/c1-14-7-8-15(22-14)11-19-12-18(5)9-6-10-20(13-18)16(21)23-17(2,3)4/h14-15,19H,6-13H2,1-5H3. The van der Waals surface area contributed by atoms with E-state index in [0.717, 1.165) is 51.9 Å². The molecule has 0 aromatic carbocycles. The largest absolute Gasteiger partial charge is 0.444 e. The summed E-state index contributed by atoms with van der Waals surface area (Å²) >= 11 is 0. The van der Waals surface area contributed by atoms with Crippen molar-refractivity contribution in [2.24, 2.45) is 5.41 Å². The third-order valence-electron chi connectivity index (χ3n) is 4.68. The van der Waals surface area contributed by atoms with Gasteiger partial charge in [-0.15, -0.1) is 0 Å². The van der Waals surface area contributed by atoms with Gasteiger partial charge in [-0.1, -0.05) is 6.92 Å². The van der Waals surface area contributed by atoms with Crippen molar-refractivity contribution in [2.45, 2.75) is 78.1 Å². The second-order valence-electron chi connectivity index (χ2n) is 8.59. The highest BCUT2D eigenvalue weighted by Gasteiger charge is 2.35. The van der Waals surface area contributed by atoms with Crippen LogP contribution >= 0.6 is 0 Å². The number of nitrogens with zero attached hydrogens (tertiary/aromatic N) is 1. The molecule has 2 fully saturated rings. The SMILES string of the molecule is CC1CCC(CNCC2(C)CCCN(C(=O)OC(C)(C)C)C2)O1. The van der Waals surface area contributed by atoms with Crippen molar-refractivity contribution >= 4 is 6.09 Å². The van der Waals surface area contributed by atoms with Gasteiger partial charge in [0.1, 0.15) is 5.60 Å². The molecule has 2 aliphatic heterocycles. The van der Waals surface area contributed by atoms with Gasteiger partial charge in [0.2, 0.25) is 0 Å². The summed E-state index contributed by atoms with van der Waals surface area (Å²) in [5.74, 6) is 0. The molecule has 1 amide bonds. The van der Waals surface area contributed by atoms with Crippen LogP contribution in [0, 0.1) is 5.41 Å². The molecule has 2 rings (SSSR count). The first-order chi connectivity index (χ1) is 10.7. The van der Waals surface area contributed by atoms with Crippen molar-refractivity contribution in [2.75, 3.05) is 26.2 Å². The lowest BCUT2D eigenvalue weighted by molar-refractivity contribution is 0.00568. The molecule has 2 aliphatic rings. The zero-order valence-corrected chi connectivity index (χ0v) is 15.5. The van der Waals surface area contributed by atoms with Gasteiger partial charge in [-0.3, -0.25) is 0 Å². The quantitative estimate of drug-likeness (QED) is 0.862. The van der Waals surface area contributed by atoms with Crippen LogP contribution in [0.5, 0.6) is 0 Å². The van der Waals surface area contributed by atoms with E-state index >= 15 is 0 Å². The molecular formula is C18H34N2O3. The molecule has 0 aliphatic carbocycles. The normalized spacial score (nSPS) is 32.1. The zero-order valence-electron chi connectivity index (χ0n) is 15.5. The highest BCUT2D eigenvalue weighted by Crippen LogP contribution is 2.30. The van der Waals surface area contributed by atoms with Crippen LogP contribution in [-0.4, -0.2) is 55.0 Å². The summed E-state index contributed by atoms with van der Waals surface area (Å²) in [5.41, 5.74) is -0.320. The molecular weight excluding hydrogens is 292 g/mol. The summed E-state index contributed by atoms with van der Waals surface area (Å²) in [6, 6.07) is 0. The lowest BCUT2D eigenvalue weighted by atomic mass is 9.82. The molecule has 5 heteroatoms. The van der Waals surface area contributed by atoms with Crippen LogP contribution in [0.2, 0.25) is 0 Å². The van der Waals surface area contributed by atoms with E-state index in [1.54, 1.807) is 0 Å². The number of likely N-dealkylation sites (tertiary alicyclic amines) is 1. The molecule has 0 aromatic heterocycles. The first-order valence-electron chi connectivity index (χ1n) is 9.01. The molecule has 23 heavy (non-hydrogen) atoms. The van der Waals surface area contributed by atoms with Crippen molar-refractivity contribution in [1.29, 1.82) is 0 Å². The highest BCUT2D eigenvalue weighted by atomic mass is 16.6. The summed E-state index contributed by atoms with van der Waals surface area (Å²) in [4.78, 5) is 14.1. The lowest BCUT2D eigenvalue weighted by Gasteiger charge is -2.41. The Morgan fingerprint density at radius 3 is 2.74 bits per heavy atom. The Labute approximate surface area is 141 Å². The van der Waals surface area contributed by atoms with E-state index < -0.39 is 5.60 Å². The maximum atomic E-state index is 12.3. The van der Waals surface area contributed by atoms with Gasteiger partial charge >= 0.3 is 6.09 Å². The molecule has 1 N–H and O–H groups in total. The van der Waals surface area contributed by atoms with Gasteiger partial charge in [0.25, 0.3) is 0 Å². The van der Waals surface area contributed by atoms with Crippen molar-refractivity contribution in [3.05, 3.63) is 0 Å². The Kier molecular flexibility index (Phi) is 5.95. The number of rotatable bonds is 4. The highest BCUT2D eigenvalue weighted by molar-refractivity contribution is 5.68. The number of nitrogens with one attached hydrogen (secondary N) is 1. The fourth-order valence-corrected chi connectivity index (χ4v) is 3.51. The van der Waals surface area contributed by atoms with Crippen LogP contribution in [0.3, 0.4) is 0 Å². The van der Waals surface area contributed by atoms with Crippen LogP contribution in [0.15, 0.2) is 0 Å². The number of amides is 1. The fourth-order valence-electron chi connectivity index (χ4n) is 3.51. The van der Waals surface area contributed by atoms with E-state index in [2.05, 4.69) is 19.2 Å². The molecule has 0 radical (unpaired) electrons. The van der Waals surface area contributed by atoms with Gasteiger partial charge in [-0.2, -0.15) is 0 Å². The summed E-state index contributed by atoms with van der Waals surface area (Å²) in [7, 11) is 0. The first kappa shape index (κ1) is 18.5. The summed E-state index contributed by atoms with van der Waals surface area (Å²) in [5, 5.41) is 3.56. The van der Waals surface area contributed by atoms with E-state index in [4.69, 9.17) is 9.47 Å².